The van der Waals surface area contributed by atoms with Gasteiger partial charge < -0.3 is 5.73 Å². The molecule has 96 valence electrons. The van der Waals surface area contributed by atoms with Crippen LogP contribution in [0.5, 0.6) is 0 Å². The molecule has 0 aliphatic rings. The SMILES string of the molecule is CCCS(=O)(=O)CCSc1cc(F)ccc1N. The minimum Gasteiger partial charge on any atom is -0.398 e. The zero-order valence-electron chi connectivity index (χ0n) is 9.65. The van der Waals surface area contributed by atoms with E-state index in [1.807, 2.05) is 6.92 Å². The molecular formula is C11H16FNO2S2. The first kappa shape index (κ1) is 14.3. The minimum absolute atomic E-state index is 0.0987. The van der Waals surface area contributed by atoms with E-state index in [9.17, 15) is 12.8 Å². The first-order valence-corrected chi connectivity index (χ1v) is 8.13. The lowest BCUT2D eigenvalue weighted by molar-refractivity contribution is 0.596. The second-order valence-corrected chi connectivity index (χ2v) is 7.12. The molecule has 0 aromatic heterocycles. The molecule has 1 aromatic rings. The van der Waals surface area contributed by atoms with Crippen LogP contribution in [0.2, 0.25) is 0 Å². The Morgan fingerprint density at radius 1 is 1.35 bits per heavy atom. The second kappa shape index (κ2) is 6.26. The lowest BCUT2D eigenvalue weighted by Gasteiger charge is -2.06. The van der Waals surface area contributed by atoms with Gasteiger partial charge in [0.2, 0.25) is 0 Å². The van der Waals surface area contributed by atoms with E-state index < -0.39 is 9.84 Å². The van der Waals surface area contributed by atoms with Crippen LogP contribution >= 0.6 is 11.8 Å². The van der Waals surface area contributed by atoms with Gasteiger partial charge in [-0.1, -0.05) is 6.92 Å². The van der Waals surface area contributed by atoms with Gasteiger partial charge in [-0.15, -0.1) is 11.8 Å². The van der Waals surface area contributed by atoms with Crippen molar-refractivity contribution in [3.8, 4) is 0 Å². The first-order chi connectivity index (χ1) is 7.94. The highest BCUT2D eigenvalue weighted by atomic mass is 32.2. The summed E-state index contributed by atoms with van der Waals surface area (Å²) in [6.07, 6.45) is 0.620. The highest BCUT2D eigenvalue weighted by Crippen LogP contribution is 2.25. The quantitative estimate of drug-likeness (QED) is 0.640. The maximum atomic E-state index is 12.9. The fraction of sp³-hybridized carbons (Fsp3) is 0.455. The molecule has 6 heteroatoms. The number of nitrogens with two attached hydrogens (primary N) is 1. The van der Waals surface area contributed by atoms with Crippen LogP contribution in [-0.2, 0) is 9.84 Å². The Morgan fingerprint density at radius 3 is 2.71 bits per heavy atom. The van der Waals surface area contributed by atoms with Crippen LogP contribution in [-0.4, -0.2) is 25.7 Å². The highest BCUT2D eigenvalue weighted by molar-refractivity contribution is 8.00. The molecule has 3 nitrogen and oxygen atoms in total. The van der Waals surface area contributed by atoms with Crippen LogP contribution in [0, 0.1) is 5.82 Å². The van der Waals surface area contributed by atoms with Crippen molar-refractivity contribution in [1.29, 1.82) is 0 Å². The number of halogens is 1. The maximum absolute atomic E-state index is 12.9. The normalized spacial score (nSPS) is 11.6. The number of hydrogen-bond acceptors (Lipinski definition) is 4. The molecule has 0 amide bonds. The van der Waals surface area contributed by atoms with Gasteiger partial charge in [0.25, 0.3) is 0 Å². The van der Waals surface area contributed by atoms with Gasteiger partial charge in [-0.05, 0) is 24.6 Å². The number of nitrogen functional groups attached to an aromatic ring is 1. The Kier molecular flexibility index (Phi) is 5.27. The molecule has 0 spiro atoms. The third-order valence-corrected chi connectivity index (χ3v) is 5.33. The molecular weight excluding hydrogens is 261 g/mol. The van der Waals surface area contributed by atoms with Crippen LogP contribution in [0.1, 0.15) is 13.3 Å². The first-order valence-electron chi connectivity index (χ1n) is 5.33. The van der Waals surface area contributed by atoms with E-state index >= 15 is 0 Å². The predicted octanol–water partition coefficient (Wildman–Crippen LogP) is 2.32. The summed E-state index contributed by atoms with van der Waals surface area (Å²) in [4.78, 5) is 0.594. The van der Waals surface area contributed by atoms with Gasteiger partial charge in [-0.2, -0.15) is 0 Å². The van der Waals surface area contributed by atoms with Gasteiger partial charge in [-0.3, -0.25) is 0 Å². The van der Waals surface area contributed by atoms with Gasteiger partial charge in [0.05, 0.1) is 5.75 Å². The van der Waals surface area contributed by atoms with Crippen LogP contribution in [0.4, 0.5) is 10.1 Å². The summed E-state index contributed by atoms with van der Waals surface area (Å²) < 4.78 is 35.8. The zero-order valence-corrected chi connectivity index (χ0v) is 11.3. The standard InChI is InChI=1S/C11H16FNO2S2/c1-2-6-17(14,15)7-5-16-11-8-9(12)3-4-10(11)13/h3-4,8H,2,5-7,13H2,1H3. The molecule has 0 aliphatic carbocycles. The Bertz CT molecular complexity index is 474. The summed E-state index contributed by atoms with van der Waals surface area (Å²) in [6, 6.07) is 4.10. The van der Waals surface area contributed by atoms with Crippen molar-refractivity contribution in [2.75, 3.05) is 23.0 Å². The maximum Gasteiger partial charge on any atom is 0.151 e. The summed E-state index contributed by atoms with van der Waals surface area (Å²) in [7, 11) is -2.98. The number of anilines is 1. The van der Waals surface area contributed by atoms with E-state index in [0.29, 0.717) is 22.8 Å². The average Bonchev–Trinajstić information content (AvgIpc) is 2.23. The summed E-state index contributed by atoms with van der Waals surface area (Å²) in [6.45, 7) is 1.83. The number of thioether (sulfide) groups is 1. The Balaban J connectivity index is 2.54. The largest absolute Gasteiger partial charge is 0.398 e. The molecule has 0 saturated heterocycles. The van der Waals surface area contributed by atoms with Crippen molar-refractivity contribution in [3.05, 3.63) is 24.0 Å². The van der Waals surface area contributed by atoms with Gasteiger partial charge in [0, 0.05) is 22.1 Å². The summed E-state index contributed by atoms with van der Waals surface area (Å²) in [5.74, 6) is 0.335. The predicted molar refractivity (Wildman–Crippen MR) is 70.5 cm³/mol. The summed E-state index contributed by atoms with van der Waals surface area (Å²) in [5.41, 5.74) is 6.14. The molecule has 0 radical (unpaired) electrons. The van der Waals surface area contributed by atoms with Crippen molar-refractivity contribution in [2.45, 2.75) is 18.2 Å². The molecule has 0 bridgehead atoms. The van der Waals surface area contributed by atoms with Crippen LogP contribution in [0.3, 0.4) is 0 Å². The highest BCUT2D eigenvalue weighted by Gasteiger charge is 2.10. The topological polar surface area (TPSA) is 60.2 Å². The Hall–Kier alpha value is -0.750. The summed E-state index contributed by atoms with van der Waals surface area (Å²) >= 11 is 1.27. The fourth-order valence-electron chi connectivity index (χ4n) is 1.32. The smallest absolute Gasteiger partial charge is 0.151 e. The Labute approximate surface area is 106 Å². The van der Waals surface area contributed by atoms with E-state index in [2.05, 4.69) is 0 Å². The fourth-order valence-corrected chi connectivity index (χ4v) is 4.15. The molecule has 0 fully saturated rings. The average molecular weight is 277 g/mol. The Morgan fingerprint density at radius 2 is 2.06 bits per heavy atom. The number of hydrogen-bond donors (Lipinski definition) is 1. The van der Waals surface area contributed by atoms with Gasteiger partial charge in [0.15, 0.2) is 9.84 Å². The number of rotatable bonds is 6. The molecule has 0 aliphatic heterocycles. The van der Waals surface area contributed by atoms with Crippen molar-refractivity contribution >= 4 is 27.3 Å². The summed E-state index contributed by atoms with van der Waals surface area (Å²) in [5, 5.41) is 0. The molecule has 0 heterocycles. The van der Waals surface area contributed by atoms with E-state index in [-0.39, 0.29) is 17.3 Å². The van der Waals surface area contributed by atoms with Crippen molar-refractivity contribution < 1.29 is 12.8 Å². The van der Waals surface area contributed by atoms with Crippen LogP contribution in [0.15, 0.2) is 23.1 Å². The van der Waals surface area contributed by atoms with E-state index in [0.717, 1.165) is 0 Å². The third-order valence-electron chi connectivity index (χ3n) is 2.14. The second-order valence-electron chi connectivity index (χ2n) is 3.68. The lowest BCUT2D eigenvalue weighted by atomic mass is 10.3. The van der Waals surface area contributed by atoms with Gasteiger partial charge >= 0.3 is 0 Å². The van der Waals surface area contributed by atoms with Crippen LogP contribution < -0.4 is 5.73 Å². The van der Waals surface area contributed by atoms with Crippen LogP contribution in [0.25, 0.3) is 0 Å². The molecule has 1 aromatic carbocycles. The lowest BCUT2D eigenvalue weighted by Crippen LogP contribution is -2.12. The van der Waals surface area contributed by atoms with Gasteiger partial charge in [-0.25, -0.2) is 12.8 Å². The van der Waals surface area contributed by atoms with Crippen molar-refractivity contribution in [3.63, 3.8) is 0 Å². The number of sulfone groups is 1. The third kappa shape index (κ3) is 4.95. The van der Waals surface area contributed by atoms with E-state index in [1.54, 1.807) is 0 Å². The molecule has 2 N–H and O–H groups in total. The molecule has 0 unspecified atom stereocenters. The zero-order chi connectivity index (χ0) is 12.9. The molecule has 17 heavy (non-hydrogen) atoms. The monoisotopic (exact) mass is 277 g/mol. The minimum atomic E-state index is -2.98. The molecule has 0 atom stereocenters. The van der Waals surface area contributed by atoms with E-state index in [1.165, 1.54) is 30.0 Å². The molecule has 0 saturated carbocycles. The molecule has 1 rings (SSSR count). The number of benzene rings is 1. The van der Waals surface area contributed by atoms with E-state index in [4.69, 9.17) is 5.73 Å². The van der Waals surface area contributed by atoms with Crippen molar-refractivity contribution in [1.82, 2.24) is 0 Å². The van der Waals surface area contributed by atoms with Crippen molar-refractivity contribution in [2.24, 2.45) is 0 Å². The van der Waals surface area contributed by atoms with Gasteiger partial charge in [0.1, 0.15) is 5.82 Å².